The van der Waals surface area contributed by atoms with Crippen LogP contribution in [0, 0.1) is 0 Å². The molecule has 1 aliphatic carbocycles. The number of carbonyl (C=O) groups is 1. The minimum Gasteiger partial charge on any atom is -0.456 e. The van der Waals surface area contributed by atoms with E-state index in [2.05, 4.69) is 6.07 Å². The van der Waals surface area contributed by atoms with Crippen LogP contribution >= 0.6 is 0 Å². The number of esters is 1. The van der Waals surface area contributed by atoms with Crippen molar-refractivity contribution in [1.29, 1.82) is 0 Å². The van der Waals surface area contributed by atoms with Gasteiger partial charge in [0, 0.05) is 6.61 Å². The zero-order valence-electron chi connectivity index (χ0n) is 10.3. The van der Waals surface area contributed by atoms with Gasteiger partial charge in [0.15, 0.2) is 0 Å². The third-order valence-corrected chi connectivity index (χ3v) is 3.32. The molecule has 0 fully saturated rings. The van der Waals surface area contributed by atoms with Gasteiger partial charge in [-0.3, -0.25) is 4.79 Å². The Morgan fingerprint density at radius 1 is 1.50 bits per heavy atom. The molecule has 98 valence electrons. The molecule has 0 spiro atoms. The van der Waals surface area contributed by atoms with Gasteiger partial charge < -0.3 is 15.6 Å². The first-order chi connectivity index (χ1) is 8.72. The van der Waals surface area contributed by atoms with Crippen LogP contribution in [0.5, 0.6) is 0 Å². The molecule has 0 bridgehead atoms. The Labute approximate surface area is 107 Å². The minimum atomic E-state index is -0.732. The van der Waals surface area contributed by atoms with E-state index in [1.807, 2.05) is 18.2 Å². The van der Waals surface area contributed by atoms with E-state index < -0.39 is 12.0 Å². The smallest absolute Gasteiger partial charge is 0.323 e. The summed E-state index contributed by atoms with van der Waals surface area (Å²) in [5.74, 6) is -0.425. The molecule has 0 aliphatic heterocycles. The normalized spacial score (nSPS) is 20.0. The molecule has 1 unspecified atom stereocenters. The van der Waals surface area contributed by atoms with Gasteiger partial charge in [-0.25, -0.2) is 0 Å². The molecule has 18 heavy (non-hydrogen) atoms. The number of aliphatic hydroxyl groups excluding tert-OH is 1. The lowest BCUT2D eigenvalue weighted by atomic mass is 9.89. The number of benzene rings is 1. The van der Waals surface area contributed by atoms with E-state index in [4.69, 9.17) is 15.6 Å². The van der Waals surface area contributed by atoms with Crippen LogP contribution in [0.25, 0.3) is 0 Å². The average molecular weight is 249 g/mol. The SMILES string of the molecule is N[C@@H](CCO)C(=O)OC1CCCc2ccccc21. The molecule has 4 nitrogen and oxygen atoms in total. The van der Waals surface area contributed by atoms with E-state index in [9.17, 15) is 4.79 Å². The van der Waals surface area contributed by atoms with Crippen LogP contribution in [0.4, 0.5) is 0 Å². The summed E-state index contributed by atoms with van der Waals surface area (Å²) in [5, 5.41) is 8.76. The number of hydrogen-bond acceptors (Lipinski definition) is 4. The van der Waals surface area contributed by atoms with Gasteiger partial charge >= 0.3 is 5.97 Å². The number of aliphatic hydroxyl groups is 1. The molecule has 0 saturated carbocycles. The molecule has 1 aromatic carbocycles. The molecular weight excluding hydrogens is 230 g/mol. The molecule has 1 aromatic rings. The maximum Gasteiger partial charge on any atom is 0.323 e. The van der Waals surface area contributed by atoms with Crippen molar-refractivity contribution in [1.82, 2.24) is 0 Å². The Bertz CT molecular complexity index is 419. The molecule has 0 radical (unpaired) electrons. The standard InChI is InChI=1S/C14H19NO3/c15-12(8-9-16)14(17)18-13-7-3-5-10-4-1-2-6-11(10)13/h1-2,4,6,12-13,16H,3,5,7-9,15H2/t12-,13?/m0/s1. The molecule has 2 atom stereocenters. The van der Waals surface area contributed by atoms with Crippen LogP contribution in [0.1, 0.15) is 36.5 Å². The van der Waals surface area contributed by atoms with Crippen molar-refractivity contribution in [2.45, 2.75) is 37.8 Å². The van der Waals surface area contributed by atoms with Crippen molar-refractivity contribution in [3.05, 3.63) is 35.4 Å². The Balaban J connectivity index is 2.05. The summed E-state index contributed by atoms with van der Waals surface area (Å²) in [4.78, 5) is 11.8. The minimum absolute atomic E-state index is 0.0997. The van der Waals surface area contributed by atoms with Gasteiger partial charge in [0.25, 0.3) is 0 Å². The molecule has 4 heteroatoms. The molecule has 3 N–H and O–H groups in total. The summed E-state index contributed by atoms with van der Waals surface area (Å²) in [7, 11) is 0. The number of ether oxygens (including phenoxy) is 1. The van der Waals surface area contributed by atoms with Crippen molar-refractivity contribution < 1.29 is 14.6 Å². The highest BCUT2D eigenvalue weighted by Crippen LogP contribution is 2.32. The van der Waals surface area contributed by atoms with E-state index in [-0.39, 0.29) is 19.1 Å². The van der Waals surface area contributed by atoms with Crippen LogP contribution in [-0.2, 0) is 16.0 Å². The summed E-state index contributed by atoms with van der Waals surface area (Å²) >= 11 is 0. The number of hydrogen-bond donors (Lipinski definition) is 2. The van der Waals surface area contributed by atoms with E-state index in [1.165, 1.54) is 5.56 Å². The van der Waals surface area contributed by atoms with Crippen LogP contribution in [0.15, 0.2) is 24.3 Å². The fourth-order valence-electron chi connectivity index (χ4n) is 2.32. The average Bonchev–Trinajstić information content (AvgIpc) is 2.39. The Kier molecular flexibility index (Phi) is 4.33. The van der Waals surface area contributed by atoms with Crippen molar-refractivity contribution >= 4 is 5.97 Å². The maximum atomic E-state index is 11.8. The summed E-state index contributed by atoms with van der Waals surface area (Å²) in [6.07, 6.45) is 2.95. The highest BCUT2D eigenvalue weighted by molar-refractivity contribution is 5.75. The number of carbonyl (C=O) groups excluding carboxylic acids is 1. The molecule has 0 amide bonds. The zero-order valence-corrected chi connectivity index (χ0v) is 10.3. The Morgan fingerprint density at radius 2 is 2.28 bits per heavy atom. The predicted octanol–water partition coefficient (Wildman–Crippen LogP) is 1.32. The van der Waals surface area contributed by atoms with Crippen LogP contribution in [0.3, 0.4) is 0 Å². The molecule has 0 aromatic heterocycles. The van der Waals surface area contributed by atoms with Crippen LogP contribution in [0.2, 0.25) is 0 Å². The van der Waals surface area contributed by atoms with E-state index in [0.29, 0.717) is 0 Å². The molecule has 2 rings (SSSR count). The van der Waals surface area contributed by atoms with Gasteiger partial charge in [-0.05, 0) is 36.8 Å². The van der Waals surface area contributed by atoms with Crippen molar-refractivity contribution in [2.24, 2.45) is 5.73 Å². The quantitative estimate of drug-likeness (QED) is 0.789. The van der Waals surface area contributed by atoms with E-state index in [1.54, 1.807) is 0 Å². The van der Waals surface area contributed by atoms with Gasteiger partial charge in [0.05, 0.1) is 0 Å². The lowest BCUT2D eigenvalue weighted by Crippen LogP contribution is -2.34. The topological polar surface area (TPSA) is 72.5 Å². The Hall–Kier alpha value is -1.39. The number of nitrogens with two attached hydrogens (primary N) is 1. The summed E-state index contributed by atoms with van der Waals surface area (Å²) in [5.41, 5.74) is 7.97. The number of fused-ring (bicyclic) bond motifs is 1. The van der Waals surface area contributed by atoms with Gasteiger partial charge in [0.2, 0.25) is 0 Å². The predicted molar refractivity (Wildman–Crippen MR) is 67.9 cm³/mol. The van der Waals surface area contributed by atoms with E-state index >= 15 is 0 Å². The zero-order chi connectivity index (χ0) is 13.0. The summed E-state index contributed by atoms with van der Waals surface area (Å²) < 4.78 is 5.46. The number of rotatable bonds is 4. The first kappa shape index (κ1) is 13.1. The van der Waals surface area contributed by atoms with E-state index in [0.717, 1.165) is 24.8 Å². The number of aryl methyl sites for hydroxylation is 1. The van der Waals surface area contributed by atoms with Crippen molar-refractivity contribution in [2.75, 3.05) is 6.61 Å². The van der Waals surface area contributed by atoms with Gasteiger partial charge in [-0.2, -0.15) is 0 Å². The summed E-state index contributed by atoms with van der Waals surface area (Å²) in [6, 6.07) is 7.30. The molecule has 0 heterocycles. The van der Waals surface area contributed by atoms with Gasteiger partial charge in [-0.1, -0.05) is 24.3 Å². The van der Waals surface area contributed by atoms with Gasteiger partial charge in [-0.15, -0.1) is 0 Å². The molecular formula is C14H19NO3. The van der Waals surface area contributed by atoms with Crippen LogP contribution < -0.4 is 5.73 Å². The highest BCUT2D eigenvalue weighted by Gasteiger charge is 2.25. The second-order valence-corrected chi connectivity index (χ2v) is 4.64. The van der Waals surface area contributed by atoms with Gasteiger partial charge in [0.1, 0.15) is 12.1 Å². The largest absolute Gasteiger partial charge is 0.456 e. The lowest BCUT2D eigenvalue weighted by Gasteiger charge is -2.26. The lowest BCUT2D eigenvalue weighted by molar-refractivity contribution is -0.152. The molecule has 1 aliphatic rings. The first-order valence-electron chi connectivity index (χ1n) is 6.37. The second-order valence-electron chi connectivity index (χ2n) is 4.64. The van der Waals surface area contributed by atoms with Crippen LogP contribution in [-0.4, -0.2) is 23.7 Å². The molecule has 0 saturated heterocycles. The summed E-state index contributed by atoms with van der Waals surface area (Å²) in [6.45, 7) is -0.0997. The highest BCUT2D eigenvalue weighted by atomic mass is 16.5. The first-order valence-corrected chi connectivity index (χ1v) is 6.37. The fraction of sp³-hybridized carbons (Fsp3) is 0.500. The van der Waals surface area contributed by atoms with Crippen molar-refractivity contribution in [3.63, 3.8) is 0 Å². The van der Waals surface area contributed by atoms with Crippen molar-refractivity contribution in [3.8, 4) is 0 Å². The fourth-order valence-corrected chi connectivity index (χ4v) is 2.32. The second kappa shape index (κ2) is 5.98. The third-order valence-electron chi connectivity index (χ3n) is 3.32. The third kappa shape index (κ3) is 2.89. The monoisotopic (exact) mass is 249 g/mol. The Morgan fingerprint density at radius 3 is 3.06 bits per heavy atom. The maximum absolute atomic E-state index is 11.8.